The SMILES string of the molecule is Brc1cncc(N2C[C@H]3CNC[C@H]32)c1.O=C(O)C=CC(=O)O. The third-order valence-electron chi connectivity index (χ3n) is 3.53. The summed E-state index contributed by atoms with van der Waals surface area (Å²) >= 11 is 3.45. The summed E-state index contributed by atoms with van der Waals surface area (Å²) in [6.07, 6.45) is 4.89. The van der Waals surface area contributed by atoms with E-state index in [1.807, 2.05) is 12.4 Å². The summed E-state index contributed by atoms with van der Waals surface area (Å²) in [7, 11) is 0. The van der Waals surface area contributed by atoms with Gasteiger partial charge in [0.05, 0.1) is 11.9 Å². The molecular formula is C14H16BrN3O4. The molecule has 0 amide bonds. The van der Waals surface area contributed by atoms with E-state index < -0.39 is 11.9 Å². The second-order valence-corrected chi connectivity index (χ2v) is 5.92. The molecule has 7 nitrogen and oxygen atoms in total. The van der Waals surface area contributed by atoms with E-state index in [0.717, 1.165) is 16.9 Å². The van der Waals surface area contributed by atoms with Crippen LogP contribution in [0.25, 0.3) is 0 Å². The van der Waals surface area contributed by atoms with Gasteiger partial charge in [-0.25, -0.2) is 9.59 Å². The minimum atomic E-state index is -1.26. The molecule has 0 unspecified atom stereocenters. The number of anilines is 1. The van der Waals surface area contributed by atoms with Crippen molar-refractivity contribution in [1.29, 1.82) is 0 Å². The molecule has 0 bridgehead atoms. The van der Waals surface area contributed by atoms with Crippen molar-refractivity contribution in [3.63, 3.8) is 0 Å². The smallest absolute Gasteiger partial charge is 0.328 e. The van der Waals surface area contributed by atoms with Crippen LogP contribution < -0.4 is 10.2 Å². The molecule has 3 heterocycles. The van der Waals surface area contributed by atoms with Crippen LogP contribution in [0.4, 0.5) is 5.69 Å². The normalized spacial score (nSPS) is 22.5. The van der Waals surface area contributed by atoms with E-state index in [1.165, 1.54) is 18.8 Å². The van der Waals surface area contributed by atoms with Gasteiger partial charge >= 0.3 is 11.9 Å². The van der Waals surface area contributed by atoms with Crippen LogP contribution in [-0.2, 0) is 9.59 Å². The predicted octanol–water partition coefficient (Wildman–Crippen LogP) is 0.964. The van der Waals surface area contributed by atoms with Gasteiger partial charge in [0.25, 0.3) is 0 Å². The molecule has 2 aliphatic rings. The van der Waals surface area contributed by atoms with E-state index in [4.69, 9.17) is 10.2 Å². The van der Waals surface area contributed by atoms with Crippen LogP contribution in [0, 0.1) is 5.92 Å². The number of pyridine rings is 1. The Morgan fingerprint density at radius 2 is 1.95 bits per heavy atom. The van der Waals surface area contributed by atoms with Crippen molar-refractivity contribution in [3.8, 4) is 0 Å². The number of hydrogen-bond acceptors (Lipinski definition) is 5. The van der Waals surface area contributed by atoms with Gasteiger partial charge in [-0.1, -0.05) is 0 Å². The highest BCUT2D eigenvalue weighted by Gasteiger charge is 2.42. The van der Waals surface area contributed by atoms with Gasteiger partial charge < -0.3 is 20.4 Å². The first-order valence-corrected chi connectivity index (χ1v) is 7.48. The molecule has 3 N–H and O–H groups in total. The molecule has 8 heteroatoms. The van der Waals surface area contributed by atoms with Gasteiger partial charge in [0.1, 0.15) is 0 Å². The number of nitrogens with one attached hydrogen (secondary N) is 1. The van der Waals surface area contributed by atoms with Crippen LogP contribution in [0.2, 0.25) is 0 Å². The number of fused-ring (bicyclic) bond motifs is 1. The van der Waals surface area contributed by atoms with E-state index >= 15 is 0 Å². The molecule has 1 aromatic rings. The van der Waals surface area contributed by atoms with Crippen LogP contribution in [0.5, 0.6) is 0 Å². The second kappa shape index (κ2) is 7.37. The van der Waals surface area contributed by atoms with Crippen LogP contribution in [0.15, 0.2) is 35.1 Å². The number of halogens is 1. The van der Waals surface area contributed by atoms with E-state index in [0.29, 0.717) is 18.2 Å². The first-order chi connectivity index (χ1) is 10.5. The largest absolute Gasteiger partial charge is 0.478 e. The zero-order valence-corrected chi connectivity index (χ0v) is 13.2. The molecule has 2 saturated heterocycles. The Morgan fingerprint density at radius 1 is 1.27 bits per heavy atom. The number of carboxylic acid groups (broad SMARTS) is 2. The lowest BCUT2D eigenvalue weighted by molar-refractivity contribution is -0.134. The molecule has 0 aliphatic carbocycles. The maximum Gasteiger partial charge on any atom is 0.328 e. The fraction of sp³-hybridized carbons (Fsp3) is 0.357. The molecule has 0 radical (unpaired) electrons. The Labute approximate surface area is 135 Å². The lowest BCUT2D eigenvalue weighted by atomic mass is 9.91. The van der Waals surface area contributed by atoms with Crippen LogP contribution in [-0.4, -0.2) is 52.8 Å². The molecule has 2 atom stereocenters. The minimum absolute atomic E-state index is 0.558. The monoisotopic (exact) mass is 369 g/mol. The van der Waals surface area contributed by atoms with Crippen molar-refractivity contribution in [2.75, 3.05) is 24.5 Å². The predicted molar refractivity (Wildman–Crippen MR) is 83.8 cm³/mol. The van der Waals surface area contributed by atoms with Crippen molar-refractivity contribution in [1.82, 2.24) is 10.3 Å². The Balaban J connectivity index is 0.000000192. The lowest BCUT2D eigenvalue weighted by Crippen LogP contribution is -2.55. The minimum Gasteiger partial charge on any atom is -0.478 e. The third kappa shape index (κ3) is 4.28. The molecule has 2 aliphatic heterocycles. The van der Waals surface area contributed by atoms with Crippen molar-refractivity contribution in [2.45, 2.75) is 6.04 Å². The number of aromatic nitrogens is 1. The van der Waals surface area contributed by atoms with E-state index in [9.17, 15) is 9.59 Å². The van der Waals surface area contributed by atoms with Gasteiger partial charge in [0, 0.05) is 54.4 Å². The molecule has 0 saturated carbocycles. The average molecular weight is 370 g/mol. The lowest BCUT2D eigenvalue weighted by Gasteiger charge is -2.45. The van der Waals surface area contributed by atoms with Crippen molar-refractivity contribution < 1.29 is 19.8 Å². The number of carboxylic acids is 2. The maximum absolute atomic E-state index is 9.55. The highest BCUT2D eigenvalue weighted by Crippen LogP contribution is 2.33. The Morgan fingerprint density at radius 3 is 2.50 bits per heavy atom. The Hall–Kier alpha value is -1.93. The summed E-state index contributed by atoms with van der Waals surface area (Å²) in [5.41, 5.74) is 1.24. The second-order valence-electron chi connectivity index (χ2n) is 5.01. The summed E-state index contributed by atoms with van der Waals surface area (Å²) in [5.74, 6) is -1.66. The highest BCUT2D eigenvalue weighted by molar-refractivity contribution is 9.10. The van der Waals surface area contributed by atoms with Gasteiger partial charge in [0.2, 0.25) is 0 Å². The summed E-state index contributed by atoms with van der Waals surface area (Å²) in [5, 5.41) is 19.0. The average Bonchev–Trinajstić information content (AvgIpc) is 2.79. The van der Waals surface area contributed by atoms with Crippen molar-refractivity contribution >= 4 is 33.6 Å². The fourth-order valence-corrected chi connectivity index (χ4v) is 2.87. The quantitative estimate of drug-likeness (QED) is 0.681. The van der Waals surface area contributed by atoms with Gasteiger partial charge in [-0.2, -0.15) is 0 Å². The van der Waals surface area contributed by atoms with Crippen molar-refractivity contribution in [2.24, 2.45) is 5.92 Å². The van der Waals surface area contributed by atoms with E-state index in [2.05, 4.69) is 37.2 Å². The number of carbonyl (C=O) groups is 2. The summed E-state index contributed by atoms with van der Waals surface area (Å²) in [6.45, 7) is 3.48. The Kier molecular flexibility index (Phi) is 5.51. The molecule has 118 valence electrons. The first-order valence-electron chi connectivity index (χ1n) is 6.69. The van der Waals surface area contributed by atoms with Crippen LogP contribution in [0.1, 0.15) is 0 Å². The third-order valence-corrected chi connectivity index (χ3v) is 3.96. The van der Waals surface area contributed by atoms with Gasteiger partial charge in [-0.3, -0.25) is 4.98 Å². The number of hydrogen-bond donors (Lipinski definition) is 3. The summed E-state index contributed by atoms with van der Waals surface area (Å²) in [6, 6.07) is 2.84. The zero-order valence-electron chi connectivity index (χ0n) is 11.6. The van der Waals surface area contributed by atoms with Crippen LogP contribution >= 0.6 is 15.9 Å². The van der Waals surface area contributed by atoms with E-state index in [1.54, 1.807) is 0 Å². The maximum atomic E-state index is 9.55. The van der Waals surface area contributed by atoms with Crippen molar-refractivity contribution in [3.05, 3.63) is 35.1 Å². The number of nitrogens with zero attached hydrogens (tertiary/aromatic N) is 2. The molecule has 22 heavy (non-hydrogen) atoms. The highest BCUT2D eigenvalue weighted by atomic mass is 79.9. The van der Waals surface area contributed by atoms with Gasteiger partial charge in [-0.15, -0.1) is 0 Å². The molecule has 0 spiro atoms. The topological polar surface area (TPSA) is 103 Å². The fourth-order valence-electron chi connectivity index (χ4n) is 2.52. The Bertz CT molecular complexity index is 577. The summed E-state index contributed by atoms with van der Waals surface area (Å²) in [4.78, 5) is 25.7. The zero-order chi connectivity index (χ0) is 16.1. The molecule has 2 fully saturated rings. The van der Waals surface area contributed by atoms with Crippen LogP contribution in [0.3, 0.4) is 0 Å². The number of rotatable bonds is 3. The molecule has 1 aromatic heterocycles. The molecule has 0 aromatic carbocycles. The van der Waals surface area contributed by atoms with E-state index in [-0.39, 0.29) is 0 Å². The van der Waals surface area contributed by atoms with Gasteiger partial charge in [0.15, 0.2) is 0 Å². The summed E-state index contributed by atoms with van der Waals surface area (Å²) < 4.78 is 1.06. The number of aliphatic carboxylic acids is 2. The first kappa shape index (κ1) is 16.4. The molecule has 3 rings (SSSR count). The van der Waals surface area contributed by atoms with Gasteiger partial charge in [-0.05, 0) is 22.0 Å². The molecular weight excluding hydrogens is 354 g/mol. The standard InChI is InChI=1S/C10H12BrN3.C4H4O4/c11-8-1-9(4-13-3-8)14-6-7-2-12-5-10(7)14;5-3(6)1-2-4(7)8/h1,3-4,7,10,12H,2,5-6H2;1-2H,(H,5,6)(H,7,8)/t7-,10-;/m1./s1.